The second kappa shape index (κ2) is 9.29. The Bertz CT molecular complexity index is 1060. The van der Waals surface area contributed by atoms with Gasteiger partial charge in [-0.05, 0) is 92.2 Å². The fraction of sp³-hybridized carbons (Fsp3) is 0.548. The third-order valence-electron chi connectivity index (χ3n) is 9.84. The van der Waals surface area contributed by atoms with E-state index in [1.807, 2.05) is 12.3 Å². The first-order valence-electron chi connectivity index (χ1n) is 13.6. The molecule has 4 bridgehead atoms. The Morgan fingerprint density at radius 3 is 2.40 bits per heavy atom. The van der Waals surface area contributed by atoms with Crippen molar-refractivity contribution in [2.45, 2.75) is 69.5 Å². The molecule has 5 aliphatic carbocycles. The molecule has 5 aliphatic rings. The zero-order valence-corrected chi connectivity index (χ0v) is 20.6. The molecule has 0 aliphatic heterocycles. The topological polar surface area (TPSA) is 64.7 Å². The summed E-state index contributed by atoms with van der Waals surface area (Å²) in [6, 6.07) is 21.3. The van der Waals surface area contributed by atoms with Gasteiger partial charge >= 0.3 is 0 Å². The summed E-state index contributed by atoms with van der Waals surface area (Å²) in [5.74, 6) is 1.86. The lowest BCUT2D eigenvalue weighted by Crippen LogP contribution is -2.39. The molecule has 4 nitrogen and oxygen atoms in total. The number of rotatable bonds is 7. The molecule has 2 aromatic carbocycles. The van der Waals surface area contributed by atoms with E-state index in [1.165, 1.54) is 11.1 Å². The van der Waals surface area contributed by atoms with E-state index in [2.05, 4.69) is 54.6 Å². The average molecular weight is 471 g/mol. The molecule has 2 N–H and O–H groups in total. The maximum Gasteiger partial charge on any atom is 0.251 e. The van der Waals surface area contributed by atoms with Crippen molar-refractivity contribution in [2.75, 3.05) is 6.54 Å². The molecular formula is C31H38N2O2. The second-order valence-corrected chi connectivity index (χ2v) is 11.8. The van der Waals surface area contributed by atoms with E-state index in [0.29, 0.717) is 24.4 Å². The summed E-state index contributed by atoms with van der Waals surface area (Å²) in [6.07, 6.45) is 10.7. The Hall–Kier alpha value is -2.30. The third kappa shape index (κ3) is 4.09. The SMILES string of the molecule is NCC1CCC(/C=N/C(=O)C23CC4CC(c5ccccc5)(CC2[C@H]4OCc2ccccc2)C3)CC1. The number of carbonyl (C=O) groups is 1. The smallest absolute Gasteiger partial charge is 0.251 e. The van der Waals surface area contributed by atoms with Crippen LogP contribution >= 0.6 is 0 Å². The molecule has 4 unspecified atom stereocenters. The monoisotopic (exact) mass is 470 g/mol. The maximum absolute atomic E-state index is 13.9. The molecule has 1 amide bonds. The molecule has 0 saturated heterocycles. The molecule has 2 aromatic rings. The van der Waals surface area contributed by atoms with Crippen molar-refractivity contribution < 1.29 is 9.53 Å². The Kier molecular flexibility index (Phi) is 6.14. The van der Waals surface area contributed by atoms with E-state index >= 15 is 0 Å². The van der Waals surface area contributed by atoms with Gasteiger partial charge in [0, 0.05) is 12.1 Å². The highest BCUT2D eigenvalue weighted by molar-refractivity contribution is 5.91. The number of nitrogens with two attached hydrogens (primary N) is 1. The summed E-state index contributed by atoms with van der Waals surface area (Å²) >= 11 is 0. The van der Waals surface area contributed by atoms with Crippen LogP contribution in [0.3, 0.4) is 0 Å². The largest absolute Gasteiger partial charge is 0.373 e. The number of hydrogen-bond donors (Lipinski definition) is 1. The Morgan fingerprint density at radius 1 is 0.971 bits per heavy atom. The Balaban J connectivity index is 1.24. The molecule has 0 aromatic heterocycles. The highest BCUT2D eigenvalue weighted by Crippen LogP contribution is 2.71. The molecule has 184 valence electrons. The van der Waals surface area contributed by atoms with Crippen LogP contribution in [-0.4, -0.2) is 24.8 Å². The van der Waals surface area contributed by atoms with Crippen LogP contribution < -0.4 is 5.73 Å². The predicted octanol–water partition coefficient (Wildman–Crippen LogP) is 5.69. The molecule has 5 fully saturated rings. The molecule has 0 radical (unpaired) electrons. The average Bonchev–Trinajstić information content (AvgIpc) is 3.29. The van der Waals surface area contributed by atoms with Gasteiger partial charge in [-0.1, -0.05) is 60.7 Å². The fourth-order valence-electron chi connectivity index (χ4n) is 8.18. The van der Waals surface area contributed by atoms with Crippen LogP contribution in [0.25, 0.3) is 0 Å². The van der Waals surface area contributed by atoms with Crippen molar-refractivity contribution in [3.05, 3.63) is 71.8 Å². The van der Waals surface area contributed by atoms with Crippen molar-refractivity contribution in [1.29, 1.82) is 0 Å². The lowest BCUT2D eigenvalue weighted by Gasteiger charge is -2.42. The summed E-state index contributed by atoms with van der Waals surface area (Å²) in [4.78, 5) is 18.6. The second-order valence-electron chi connectivity index (χ2n) is 11.8. The number of benzene rings is 2. The zero-order chi connectivity index (χ0) is 23.9. The Morgan fingerprint density at radius 2 is 1.69 bits per heavy atom. The number of ether oxygens (including phenoxy) is 1. The molecule has 4 heteroatoms. The van der Waals surface area contributed by atoms with E-state index in [1.54, 1.807) is 0 Å². The molecule has 35 heavy (non-hydrogen) atoms. The molecule has 7 rings (SSSR count). The number of carbonyl (C=O) groups excluding carboxylic acids is 1. The van der Waals surface area contributed by atoms with E-state index in [-0.39, 0.29) is 28.8 Å². The Labute approximate surface area is 209 Å². The van der Waals surface area contributed by atoms with Crippen LogP contribution in [0.15, 0.2) is 65.7 Å². The summed E-state index contributed by atoms with van der Waals surface area (Å²) in [6.45, 7) is 1.40. The van der Waals surface area contributed by atoms with E-state index in [9.17, 15) is 4.79 Å². The van der Waals surface area contributed by atoms with Gasteiger partial charge in [-0.25, -0.2) is 4.99 Å². The van der Waals surface area contributed by atoms with Crippen molar-refractivity contribution in [2.24, 2.45) is 39.8 Å². The fourth-order valence-corrected chi connectivity index (χ4v) is 8.18. The van der Waals surface area contributed by atoms with Crippen LogP contribution in [0.1, 0.15) is 62.5 Å². The van der Waals surface area contributed by atoms with E-state index in [0.717, 1.165) is 57.9 Å². The molecule has 5 atom stereocenters. The third-order valence-corrected chi connectivity index (χ3v) is 9.84. The van der Waals surface area contributed by atoms with E-state index < -0.39 is 0 Å². The van der Waals surface area contributed by atoms with Crippen LogP contribution in [0, 0.1) is 29.1 Å². The van der Waals surface area contributed by atoms with Gasteiger partial charge in [-0.15, -0.1) is 0 Å². The van der Waals surface area contributed by atoms with Gasteiger partial charge in [-0.2, -0.15) is 0 Å². The van der Waals surface area contributed by atoms with Crippen molar-refractivity contribution in [3.8, 4) is 0 Å². The molecular weight excluding hydrogens is 432 g/mol. The summed E-state index contributed by atoms with van der Waals surface area (Å²) in [7, 11) is 0. The van der Waals surface area contributed by atoms with Crippen LogP contribution in [-0.2, 0) is 21.6 Å². The number of hydrogen-bond acceptors (Lipinski definition) is 3. The lowest BCUT2D eigenvalue weighted by atomic mass is 9.63. The lowest BCUT2D eigenvalue weighted by molar-refractivity contribution is -0.130. The predicted molar refractivity (Wildman–Crippen MR) is 139 cm³/mol. The maximum atomic E-state index is 13.9. The van der Waals surface area contributed by atoms with Gasteiger partial charge in [0.25, 0.3) is 5.91 Å². The molecule has 0 heterocycles. The highest BCUT2D eigenvalue weighted by Gasteiger charge is 2.71. The first-order valence-corrected chi connectivity index (χ1v) is 13.6. The van der Waals surface area contributed by atoms with Crippen molar-refractivity contribution in [1.82, 2.24) is 0 Å². The minimum absolute atomic E-state index is 0.0891. The van der Waals surface area contributed by atoms with Crippen molar-refractivity contribution >= 4 is 12.1 Å². The van der Waals surface area contributed by atoms with Gasteiger partial charge < -0.3 is 10.5 Å². The van der Waals surface area contributed by atoms with E-state index in [4.69, 9.17) is 15.5 Å². The highest BCUT2D eigenvalue weighted by atomic mass is 16.5. The van der Waals surface area contributed by atoms with Gasteiger partial charge in [0.15, 0.2) is 0 Å². The number of aliphatic imine (C=N–C) groups is 1. The number of amides is 1. The standard InChI is InChI=1S/C31H38N2O2/c32-18-22-11-13-23(14-12-22)19-33-29(34)31-16-25-15-30(21-31,26-9-5-2-6-10-26)17-27(31)28(25)35-20-24-7-3-1-4-8-24/h1-10,19,22-23,25,27-28H,11-18,20-21,32H2/b33-19+/t22?,23?,25?,27?,28-,30?,31?/m0/s1. The van der Waals surface area contributed by atoms with Gasteiger partial charge in [0.2, 0.25) is 0 Å². The van der Waals surface area contributed by atoms with Gasteiger partial charge in [0.1, 0.15) is 0 Å². The molecule has 0 spiro atoms. The zero-order valence-electron chi connectivity index (χ0n) is 20.6. The van der Waals surface area contributed by atoms with Crippen molar-refractivity contribution in [3.63, 3.8) is 0 Å². The summed E-state index contributed by atoms with van der Waals surface area (Å²) in [5.41, 5.74) is 8.18. The van der Waals surface area contributed by atoms with Crippen LogP contribution in [0.2, 0.25) is 0 Å². The normalized spacial score (nSPS) is 37.8. The van der Waals surface area contributed by atoms with Gasteiger partial charge in [-0.3, -0.25) is 4.79 Å². The van der Waals surface area contributed by atoms with Crippen LogP contribution in [0.5, 0.6) is 0 Å². The first kappa shape index (κ1) is 23.1. The number of nitrogens with zero attached hydrogens (tertiary/aromatic N) is 1. The summed E-state index contributed by atoms with van der Waals surface area (Å²) in [5, 5.41) is 0. The molecule has 5 saturated carbocycles. The first-order chi connectivity index (χ1) is 17.1. The van der Waals surface area contributed by atoms with Gasteiger partial charge in [0.05, 0.1) is 18.1 Å². The quantitative estimate of drug-likeness (QED) is 0.529. The summed E-state index contributed by atoms with van der Waals surface area (Å²) < 4.78 is 6.61. The minimum atomic E-state index is -0.370. The minimum Gasteiger partial charge on any atom is -0.373 e. The van der Waals surface area contributed by atoms with Crippen LogP contribution in [0.4, 0.5) is 0 Å².